The van der Waals surface area contributed by atoms with Crippen molar-refractivity contribution in [3.63, 3.8) is 0 Å². The maximum Gasteiger partial charge on any atom is 0.240 e. The van der Waals surface area contributed by atoms with Gasteiger partial charge in [-0.2, -0.15) is 4.80 Å². The predicted octanol–water partition coefficient (Wildman–Crippen LogP) is 1.96. The molecule has 0 fully saturated rings. The zero-order valence-electron chi connectivity index (χ0n) is 11.5. The number of nitrogens with zero attached hydrogens (tertiary/aromatic N) is 4. The fraction of sp³-hybridized carbons (Fsp3) is 0.615. The van der Waals surface area contributed by atoms with Crippen LogP contribution in [0.5, 0.6) is 0 Å². The highest BCUT2D eigenvalue weighted by molar-refractivity contribution is 5.43. The van der Waals surface area contributed by atoms with E-state index in [-0.39, 0.29) is 0 Å². The van der Waals surface area contributed by atoms with Crippen molar-refractivity contribution in [2.45, 2.75) is 33.2 Å². The number of aromatic nitrogens is 4. The Bertz CT molecular complexity index is 463. The van der Waals surface area contributed by atoms with Gasteiger partial charge < -0.3 is 9.73 Å². The minimum atomic E-state index is 0.532. The van der Waals surface area contributed by atoms with Crippen molar-refractivity contribution in [3.8, 4) is 11.6 Å². The van der Waals surface area contributed by atoms with Crippen LogP contribution in [0.15, 0.2) is 22.8 Å². The molecule has 0 atom stereocenters. The Morgan fingerprint density at radius 1 is 1.37 bits per heavy atom. The summed E-state index contributed by atoms with van der Waals surface area (Å²) in [5.74, 6) is 1.95. The fourth-order valence-electron chi connectivity index (χ4n) is 1.78. The average Bonchev–Trinajstić information content (AvgIpc) is 3.03. The molecule has 2 rings (SSSR count). The maximum absolute atomic E-state index is 5.22. The van der Waals surface area contributed by atoms with Crippen LogP contribution < -0.4 is 5.32 Å². The molecule has 0 aliphatic heterocycles. The van der Waals surface area contributed by atoms with Gasteiger partial charge in [-0.1, -0.05) is 13.8 Å². The van der Waals surface area contributed by atoms with Gasteiger partial charge in [0.05, 0.1) is 12.8 Å². The summed E-state index contributed by atoms with van der Waals surface area (Å²) in [5, 5.41) is 15.6. The molecule has 0 amide bonds. The molecule has 0 aliphatic carbocycles. The number of hydrogen-bond acceptors (Lipinski definition) is 5. The molecule has 104 valence electrons. The number of rotatable bonds is 8. The van der Waals surface area contributed by atoms with Crippen LogP contribution in [0.1, 0.15) is 26.7 Å². The second-order valence-corrected chi connectivity index (χ2v) is 4.97. The Kier molecular flexibility index (Phi) is 5.09. The molecule has 2 aromatic heterocycles. The summed E-state index contributed by atoms with van der Waals surface area (Å²) in [6, 6.07) is 3.64. The molecule has 6 nitrogen and oxygen atoms in total. The summed E-state index contributed by atoms with van der Waals surface area (Å²) >= 11 is 0. The first-order valence-corrected chi connectivity index (χ1v) is 6.78. The third-order valence-electron chi connectivity index (χ3n) is 2.82. The van der Waals surface area contributed by atoms with Crippen LogP contribution in [0.2, 0.25) is 0 Å². The van der Waals surface area contributed by atoms with Crippen molar-refractivity contribution in [1.82, 2.24) is 25.5 Å². The van der Waals surface area contributed by atoms with Crippen LogP contribution in [-0.4, -0.2) is 33.3 Å². The van der Waals surface area contributed by atoms with Gasteiger partial charge >= 0.3 is 0 Å². The van der Waals surface area contributed by atoms with Crippen molar-refractivity contribution >= 4 is 0 Å². The van der Waals surface area contributed by atoms with Crippen LogP contribution in [0, 0.1) is 5.92 Å². The molecule has 0 unspecified atom stereocenters. The van der Waals surface area contributed by atoms with Crippen LogP contribution in [0.3, 0.4) is 0 Å². The molecule has 2 heterocycles. The van der Waals surface area contributed by atoms with Gasteiger partial charge in [0.1, 0.15) is 0 Å². The van der Waals surface area contributed by atoms with Crippen LogP contribution in [0.4, 0.5) is 0 Å². The summed E-state index contributed by atoms with van der Waals surface area (Å²) in [6.07, 6.45) is 4.07. The lowest BCUT2D eigenvalue weighted by atomic mass is 10.1. The van der Waals surface area contributed by atoms with Crippen LogP contribution in [-0.2, 0) is 6.54 Å². The zero-order chi connectivity index (χ0) is 13.5. The average molecular weight is 263 g/mol. The number of hydrogen-bond donors (Lipinski definition) is 1. The Hall–Kier alpha value is -1.69. The molecule has 0 aliphatic rings. The predicted molar refractivity (Wildman–Crippen MR) is 72.5 cm³/mol. The minimum absolute atomic E-state index is 0.532. The Labute approximate surface area is 113 Å². The summed E-state index contributed by atoms with van der Waals surface area (Å²) < 4.78 is 5.22. The number of nitrogens with one attached hydrogen (secondary N) is 1. The van der Waals surface area contributed by atoms with Gasteiger partial charge in [-0.15, -0.1) is 10.2 Å². The van der Waals surface area contributed by atoms with Gasteiger partial charge in [0.15, 0.2) is 5.76 Å². The Morgan fingerprint density at radius 2 is 2.26 bits per heavy atom. The summed E-state index contributed by atoms with van der Waals surface area (Å²) in [5.41, 5.74) is 0. The first-order chi connectivity index (χ1) is 9.25. The first-order valence-electron chi connectivity index (χ1n) is 6.78. The van der Waals surface area contributed by atoms with E-state index in [0.717, 1.165) is 25.6 Å². The van der Waals surface area contributed by atoms with E-state index in [0.29, 0.717) is 11.6 Å². The van der Waals surface area contributed by atoms with E-state index in [1.807, 2.05) is 12.1 Å². The molecule has 0 saturated carbocycles. The van der Waals surface area contributed by atoms with E-state index in [9.17, 15) is 0 Å². The lowest BCUT2D eigenvalue weighted by Gasteiger charge is -2.05. The third kappa shape index (κ3) is 4.48. The number of tetrazole rings is 1. The molecular formula is C13H21N5O. The van der Waals surface area contributed by atoms with E-state index >= 15 is 0 Å². The van der Waals surface area contributed by atoms with Gasteiger partial charge in [-0.25, -0.2) is 0 Å². The normalized spacial score (nSPS) is 11.3. The Morgan fingerprint density at radius 3 is 3.00 bits per heavy atom. The van der Waals surface area contributed by atoms with Gasteiger partial charge in [0, 0.05) is 6.54 Å². The van der Waals surface area contributed by atoms with E-state index in [1.54, 1.807) is 11.1 Å². The molecule has 6 heteroatoms. The first kappa shape index (κ1) is 13.7. The van der Waals surface area contributed by atoms with Crippen molar-refractivity contribution in [3.05, 3.63) is 18.4 Å². The van der Waals surface area contributed by atoms with Gasteiger partial charge in [-0.3, -0.25) is 0 Å². The highest BCUT2D eigenvalue weighted by Crippen LogP contribution is 2.12. The number of furan rings is 1. The molecule has 19 heavy (non-hydrogen) atoms. The molecular weight excluding hydrogens is 242 g/mol. The molecule has 0 radical (unpaired) electrons. The summed E-state index contributed by atoms with van der Waals surface area (Å²) in [4.78, 5) is 1.59. The molecule has 0 aromatic carbocycles. The molecule has 0 spiro atoms. The maximum atomic E-state index is 5.22. The van der Waals surface area contributed by atoms with Crippen molar-refractivity contribution in [2.75, 3.05) is 13.1 Å². The van der Waals surface area contributed by atoms with Crippen molar-refractivity contribution < 1.29 is 4.42 Å². The van der Waals surface area contributed by atoms with Gasteiger partial charge in [-0.05, 0) is 42.7 Å². The van der Waals surface area contributed by atoms with Gasteiger partial charge in [0.25, 0.3) is 0 Å². The van der Waals surface area contributed by atoms with Crippen molar-refractivity contribution in [2.24, 2.45) is 5.92 Å². The second kappa shape index (κ2) is 7.04. The zero-order valence-corrected chi connectivity index (χ0v) is 11.5. The molecule has 0 saturated heterocycles. The molecule has 0 bridgehead atoms. The van der Waals surface area contributed by atoms with E-state index in [4.69, 9.17) is 4.42 Å². The highest BCUT2D eigenvalue weighted by atomic mass is 16.3. The topological polar surface area (TPSA) is 68.8 Å². The Balaban J connectivity index is 1.67. The second-order valence-electron chi connectivity index (χ2n) is 4.97. The standard InChI is InChI=1S/C13H21N5O/c1-11(2)5-3-7-14-8-9-18-16-13(15-17-18)12-6-4-10-19-12/h4,6,10-11,14H,3,5,7-9H2,1-2H3. The van der Waals surface area contributed by atoms with Gasteiger partial charge in [0.2, 0.25) is 5.82 Å². The quantitative estimate of drug-likeness (QED) is 0.737. The minimum Gasteiger partial charge on any atom is -0.461 e. The van der Waals surface area contributed by atoms with Crippen molar-refractivity contribution in [1.29, 1.82) is 0 Å². The van der Waals surface area contributed by atoms with E-state index < -0.39 is 0 Å². The highest BCUT2D eigenvalue weighted by Gasteiger charge is 2.07. The monoisotopic (exact) mass is 263 g/mol. The van der Waals surface area contributed by atoms with E-state index in [1.165, 1.54) is 12.8 Å². The SMILES string of the molecule is CC(C)CCCNCCn1nnc(-c2ccco2)n1. The summed E-state index contributed by atoms with van der Waals surface area (Å²) in [7, 11) is 0. The largest absolute Gasteiger partial charge is 0.461 e. The lowest BCUT2D eigenvalue weighted by molar-refractivity contribution is 0.473. The van der Waals surface area contributed by atoms with Crippen LogP contribution >= 0.6 is 0 Å². The smallest absolute Gasteiger partial charge is 0.240 e. The van der Waals surface area contributed by atoms with Crippen LogP contribution in [0.25, 0.3) is 11.6 Å². The lowest BCUT2D eigenvalue weighted by Crippen LogP contribution is -2.22. The fourth-order valence-corrected chi connectivity index (χ4v) is 1.78. The summed E-state index contributed by atoms with van der Waals surface area (Å²) in [6.45, 7) is 7.10. The third-order valence-corrected chi connectivity index (χ3v) is 2.82. The molecule has 2 aromatic rings. The molecule has 1 N–H and O–H groups in total. The van der Waals surface area contributed by atoms with E-state index in [2.05, 4.69) is 34.6 Å².